The monoisotopic (exact) mass is 220 g/mol. The summed E-state index contributed by atoms with van der Waals surface area (Å²) in [6, 6.07) is 3.48. The first kappa shape index (κ1) is 12.0. The molecular formula is C11H16N4O. The smallest absolute Gasteiger partial charge is 0.224 e. The number of pyridine rings is 1. The Morgan fingerprint density at radius 1 is 1.62 bits per heavy atom. The second-order valence-electron chi connectivity index (χ2n) is 3.20. The average Bonchev–Trinajstić information content (AvgIpc) is 2.29. The van der Waals surface area contributed by atoms with Crippen LogP contribution in [0.15, 0.2) is 24.8 Å². The van der Waals surface area contributed by atoms with Gasteiger partial charge in [-0.25, -0.2) is 4.98 Å². The van der Waals surface area contributed by atoms with Crippen LogP contribution in [0.2, 0.25) is 0 Å². The van der Waals surface area contributed by atoms with Crippen molar-refractivity contribution >= 4 is 23.2 Å². The summed E-state index contributed by atoms with van der Waals surface area (Å²) in [5.41, 5.74) is 6.24. The van der Waals surface area contributed by atoms with Crippen LogP contribution in [0.4, 0.5) is 17.3 Å². The summed E-state index contributed by atoms with van der Waals surface area (Å²) in [6.07, 6.45) is 2.14. The van der Waals surface area contributed by atoms with Gasteiger partial charge in [0, 0.05) is 13.0 Å². The van der Waals surface area contributed by atoms with E-state index in [0.29, 0.717) is 30.3 Å². The van der Waals surface area contributed by atoms with E-state index in [2.05, 4.69) is 22.2 Å². The summed E-state index contributed by atoms with van der Waals surface area (Å²) in [5, 5.41) is 5.68. The van der Waals surface area contributed by atoms with E-state index in [9.17, 15) is 4.79 Å². The van der Waals surface area contributed by atoms with Gasteiger partial charge in [0.25, 0.3) is 0 Å². The second-order valence-corrected chi connectivity index (χ2v) is 3.20. The third-order valence-electron chi connectivity index (χ3n) is 1.95. The van der Waals surface area contributed by atoms with Gasteiger partial charge < -0.3 is 16.4 Å². The van der Waals surface area contributed by atoms with E-state index in [1.165, 1.54) is 0 Å². The predicted octanol–water partition coefficient (Wildman–Crippen LogP) is 1.61. The van der Waals surface area contributed by atoms with E-state index >= 15 is 0 Å². The van der Waals surface area contributed by atoms with Gasteiger partial charge in [-0.2, -0.15) is 0 Å². The van der Waals surface area contributed by atoms with Crippen LogP contribution in [-0.4, -0.2) is 17.4 Å². The van der Waals surface area contributed by atoms with Crippen LogP contribution in [0.3, 0.4) is 0 Å². The molecule has 0 unspecified atom stereocenters. The fourth-order valence-corrected chi connectivity index (χ4v) is 1.09. The van der Waals surface area contributed by atoms with Gasteiger partial charge in [0.15, 0.2) is 0 Å². The van der Waals surface area contributed by atoms with Crippen molar-refractivity contribution in [2.75, 3.05) is 22.9 Å². The van der Waals surface area contributed by atoms with Crippen molar-refractivity contribution in [1.29, 1.82) is 0 Å². The Morgan fingerprint density at radius 3 is 2.94 bits per heavy atom. The van der Waals surface area contributed by atoms with Gasteiger partial charge in [-0.05, 0) is 12.1 Å². The van der Waals surface area contributed by atoms with Gasteiger partial charge in [0.1, 0.15) is 11.6 Å². The summed E-state index contributed by atoms with van der Waals surface area (Å²) in [7, 11) is 0. The molecule has 5 heteroatoms. The number of carbonyl (C=O) groups is 1. The third-order valence-corrected chi connectivity index (χ3v) is 1.95. The maximum absolute atomic E-state index is 11.2. The van der Waals surface area contributed by atoms with Gasteiger partial charge in [-0.3, -0.25) is 4.79 Å². The zero-order valence-electron chi connectivity index (χ0n) is 9.29. The molecule has 0 atom stereocenters. The number of hydrogen-bond acceptors (Lipinski definition) is 4. The van der Waals surface area contributed by atoms with E-state index in [1.807, 2.05) is 0 Å². The number of rotatable bonds is 5. The highest BCUT2D eigenvalue weighted by Crippen LogP contribution is 2.18. The molecular weight excluding hydrogens is 204 g/mol. The van der Waals surface area contributed by atoms with Crippen molar-refractivity contribution in [2.24, 2.45) is 0 Å². The molecule has 0 fully saturated rings. The standard InChI is InChI=1S/C11H16N4O/c1-3-7-13-9-6-5-8(11(12)15-9)14-10(16)4-2/h3,5-6H,1,4,7H2,2H3,(H,14,16)(H3,12,13,15). The minimum atomic E-state index is -0.0831. The number of aromatic nitrogens is 1. The van der Waals surface area contributed by atoms with Crippen molar-refractivity contribution in [1.82, 2.24) is 4.98 Å². The largest absolute Gasteiger partial charge is 0.382 e. The highest BCUT2D eigenvalue weighted by Gasteiger charge is 2.04. The second kappa shape index (κ2) is 5.75. The number of nitrogens with one attached hydrogen (secondary N) is 2. The van der Waals surface area contributed by atoms with Crippen molar-refractivity contribution < 1.29 is 4.79 Å². The Hall–Kier alpha value is -2.04. The number of nitrogen functional groups attached to an aromatic ring is 1. The average molecular weight is 220 g/mol. The van der Waals surface area contributed by atoms with Crippen molar-refractivity contribution in [3.8, 4) is 0 Å². The number of nitrogens with two attached hydrogens (primary N) is 1. The molecule has 1 amide bonds. The Kier molecular flexibility index (Phi) is 4.32. The maximum atomic E-state index is 11.2. The number of amides is 1. The van der Waals surface area contributed by atoms with Gasteiger partial charge >= 0.3 is 0 Å². The summed E-state index contributed by atoms with van der Waals surface area (Å²) in [5.74, 6) is 0.878. The molecule has 0 spiro atoms. The van der Waals surface area contributed by atoms with Gasteiger partial charge in [-0.1, -0.05) is 13.0 Å². The molecule has 16 heavy (non-hydrogen) atoms. The molecule has 1 aromatic rings. The fraction of sp³-hybridized carbons (Fsp3) is 0.273. The molecule has 0 aliphatic rings. The molecule has 5 nitrogen and oxygen atoms in total. The molecule has 1 aromatic heterocycles. The molecule has 0 aromatic carbocycles. The summed E-state index contributed by atoms with van der Waals surface area (Å²) < 4.78 is 0. The molecule has 0 aliphatic carbocycles. The van der Waals surface area contributed by atoms with E-state index in [1.54, 1.807) is 25.1 Å². The normalized spacial score (nSPS) is 9.56. The first-order valence-electron chi connectivity index (χ1n) is 5.08. The summed E-state index contributed by atoms with van der Waals surface area (Å²) in [4.78, 5) is 15.3. The third kappa shape index (κ3) is 3.27. The lowest BCUT2D eigenvalue weighted by molar-refractivity contribution is -0.115. The zero-order chi connectivity index (χ0) is 12.0. The quantitative estimate of drug-likeness (QED) is 0.658. The van der Waals surface area contributed by atoms with E-state index in [4.69, 9.17) is 5.73 Å². The van der Waals surface area contributed by atoms with Gasteiger partial charge in [0.2, 0.25) is 5.91 Å². The summed E-state index contributed by atoms with van der Waals surface area (Å²) in [6.45, 7) is 5.98. The molecule has 1 heterocycles. The SMILES string of the molecule is C=CCNc1ccc(NC(=O)CC)c(N)n1. The maximum Gasteiger partial charge on any atom is 0.224 e. The lowest BCUT2D eigenvalue weighted by Crippen LogP contribution is -2.12. The Bertz CT molecular complexity index is 390. The number of nitrogens with zero attached hydrogens (tertiary/aromatic N) is 1. The van der Waals surface area contributed by atoms with Crippen molar-refractivity contribution in [3.05, 3.63) is 24.8 Å². The Labute approximate surface area is 94.8 Å². The first-order chi connectivity index (χ1) is 7.67. The van der Waals surface area contributed by atoms with Gasteiger partial charge in [-0.15, -0.1) is 6.58 Å². The lowest BCUT2D eigenvalue weighted by atomic mass is 10.3. The van der Waals surface area contributed by atoms with E-state index in [0.717, 1.165) is 0 Å². The van der Waals surface area contributed by atoms with Crippen LogP contribution in [0, 0.1) is 0 Å². The molecule has 1 rings (SSSR count). The number of anilines is 3. The van der Waals surface area contributed by atoms with Crippen molar-refractivity contribution in [2.45, 2.75) is 13.3 Å². The Morgan fingerprint density at radius 2 is 2.38 bits per heavy atom. The number of hydrogen-bond donors (Lipinski definition) is 3. The highest BCUT2D eigenvalue weighted by molar-refractivity contribution is 5.93. The van der Waals surface area contributed by atoms with Gasteiger partial charge in [0.05, 0.1) is 5.69 Å². The zero-order valence-corrected chi connectivity index (χ0v) is 9.29. The van der Waals surface area contributed by atoms with Crippen LogP contribution in [-0.2, 0) is 4.79 Å². The van der Waals surface area contributed by atoms with Crippen molar-refractivity contribution in [3.63, 3.8) is 0 Å². The Balaban J connectivity index is 2.74. The minimum absolute atomic E-state index is 0.0831. The molecule has 0 aliphatic heterocycles. The van der Waals surface area contributed by atoms with Crippen LogP contribution in [0.5, 0.6) is 0 Å². The molecule has 0 saturated heterocycles. The lowest BCUT2D eigenvalue weighted by Gasteiger charge is -2.08. The predicted molar refractivity (Wildman–Crippen MR) is 66.3 cm³/mol. The highest BCUT2D eigenvalue weighted by atomic mass is 16.1. The summed E-state index contributed by atoms with van der Waals surface area (Å²) >= 11 is 0. The molecule has 4 N–H and O–H groups in total. The molecule has 0 saturated carbocycles. The van der Waals surface area contributed by atoms with E-state index < -0.39 is 0 Å². The van der Waals surface area contributed by atoms with E-state index in [-0.39, 0.29) is 5.91 Å². The fourth-order valence-electron chi connectivity index (χ4n) is 1.09. The molecule has 86 valence electrons. The molecule has 0 bridgehead atoms. The first-order valence-corrected chi connectivity index (χ1v) is 5.08. The number of carbonyl (C=O) groups excluding carboxylic acids is 1. The van der Waals surface area contributed by atoms with Crippen LogP contribution in [0.1, 0.15) is 13.3 Å². The topological polar surface area (TPSA) is 80.0 Å². The van der Waals surface area contributed by atoms with Crippen LogP contribution >= 0.6 is 0 Å². The van der Waals surface area contributed by atoms with Crippen LogP contribution in [0.25, 0.3) is 0 Å². The van der Waals surface area contributed by atoms with Crippen LogP contribution < -0.4 is 16.4 Å². The minimum Gasteiger partial charge on any atom is -0.382 e. The molecule has 0 radical (unpaired) electrons.